The summed E-state index contributed by atoms with van der Waals surface area (Å²) in [6, 6.07) is 15.3. The molecule has 0 unspecified atom stereocenters. The number of rotatable bonds is 4. The van der Waals surface area contributed by atoms with E-state index in [1.807, 2.05) is 0 Å². The first-order valence-electron chi connectivity index (χ1n) is 6.60. The Morgan fingerprint density at radius 3 is 2.53 bits per heavy atom. The standard InChI is InChI=1S/C17H15Br2/c18-17(19)10-4-7-12-6-3-9-15-14-8-2-1-5-13(14)11-16(12)15/h1-3,5-6,8-9,11,17H,4,7,10H2. The first-order valence-corrected chi connectivity index (χ1v) is 8.43. The molecule has 2 aromatic rings. The van der Waals surface area contributed by atoms with Gasteiger partial charge in [-0.25, -0.2) is 0 Å². The van der Waals surface area contributed by atoms with Crippen molar-refractivity contribution in [3.63, 3.8) is 0 Å². The molecule has 19 heavy (non-hydrogen) atoms. The van der Waals surface area contributed by atoms with Gasteiger partial charge in [0.15, 0.2) is 0 Å². The van der Waals surface area contributed by atoms with Gasteiger partial charge in [0, 0.05) is 6.42 Å². The van der Waals surface area contributed by atoms with Gasteiger partial charge in [0.25, 0.3) is 0 Å². The quantitative estimate of drug-likeness (QED) is 0.510. The van der Waals surface area contributed by atoms with Gasteiger partial charge >= 0.3 is 0 Å². The molecule has 97 valence electrons. The van der Waals surface area contributed by atoms with Crippen molar-refractivity contribution in [1.82, 2.24) is 0 Å². The van der Waals surface area contributed by atoms with Crippen LogP contribution in [-0.4, -0.2) is 3.74 Å². The SMILES string of the molecule is BrC(Br)CCCc1cccc2c1[CH]c1ccccc1-2. The van der Waals surface area contributed by atoms with E-state index in [0.717, 1.165) is 12.8 Å². The Labute approximate surface area is 131 Å². The highest BCUT2D eigenvalue weighted by Crippen LogP contribution is 2.39. The van der Waals surface area contributed by atoms with E-state index in [9.17, 15) is 0 Å². The summed E-state index contributed by atoms with van der Waals surface area (Å²) in [6.07, 6.45) is 5.82. The van der Waals surface area contributed by atoms with Gasteiger partial charge in [0.2, 0.25) is 0 Å². The monoisotopic (exact) mass is 377 g/mol. The molecule has 0 N–H and O–H groups in total. The molecule has 0 atom stereocenters. The predicted octanol–water partition coefficient (Wildman–Crippen LogP) is 5.71. The van der Waals surface area contributed by atoms with Crippen molar-refractivity contribution in [3.05, 3.63) is 65.6 Å². The molecule has 0 saturated carbocycles. The maximum atomic E-state index is 3.54. The highest BCUT2D eigenvalue weighted by molar-refractivity contribution is 9.24. The predicted molar refractivity (Wildman–Crippen MR) is 89.0 cm³/mol. The second kappa shape index (κ2) is 5.80. The Kier molecular flexibility index (Phi) is 4.09. The minimum atomic E-state index is 0.429. The maximum Gasteiger partial charge on any atom is 0.0698 e. The lowest BCUT2D eigenvalue weighted by Gasteiger charge is -2.08. The van der Waals surface area contributed by atoms with Gasteiger partial charge in [-0.1, -0.05) is 74.3 Å². The van der Waals surface area contributed by atoms with Crippen molar-refractivity contribution in [1.29, 1.82) is 0 Å². The molecule has 0 nitrogen and oxygen atoms in total. The van der Waals surface area contributed by atoms with Crippen LogP contribution in [0.2, 0.25) is 0 Å². The molecule has 0 saturated heterocycles. The van der Waals surface area contributed by atoms with E-state index in [4.69, 9.17) is 0 Å². The van der Waals surface area contributed by atoms with Crippen molar-refractivity contribution in [2.75, 3.05) is 0 Å². The van der Waals surface area contributed by atoms with Gasteiger partial charge in [-0.2, -0.15) is 0 Å². The smallest absolute Gasteiger partial charge is 0.0698 e. The summed E-state index contributed by atoms with van der Waals surface area (Å²) in [5.41, 5.74) is 7.00. The van der Waals surface area contributed by atoms with E-state index in [1.165, 1.54) is 34.2 Å². The van der Waals surface area contributed by atoms with Crippen LogP contribution in [0, 0.1) is 6.42 Å². The molecule has 0 fully saturated rings. The highest BCUT2D eigenvalue weighted by atomic mass is 79.9. The average Bonchev–Trinajstić information content (AvgIpc) is 2.78. The lowest BCUT2D eigenvalue weighted by atomic mass is 9.97. The third-order valence-electron chi connectivity index (χ3n) is 3.62. The van der Waals surface area contributed by atoms with Crippen LogP contribution in [0.25, 0.3) is 11.1 Å². The lowest BCUT2D eigenvalue weighted by molar-refractivity contribution is 0.791. The van der Waals surface area contributed by atoms with E-state index in [-0.39, 0.29) is 0 Å². The Hall–Kier alpha value is -0.600. The van der Waals surface area contributed by atoms with Crippen LogP contribution in [0.15, 0.2) is 42.5 Å². The number of benzene rings is 2. The second-order valence-corrected chi connectivity index (χ2v) is 8.33. The summed E-state index contributed by atoms with van der Waals surface area (Å²) in [5, 5.41) is 0. The largest absolute Gasteiger partial charge is 0.0765 e. The van der Waals surface area contributed by atoms with Crippen molar-refractivity contribution >= 4 is 31.9 Å². The number of halogens is 2. The molecule has 0 spiro atoms. The van der Waals surface area contributed by atoms with Gasteiger partial charge in [0.1, 0.15) is 0 Å². The fourth-order valence-corrected chi connectivity index (χ4v) is 3.35. The summed E-state index contributed by atoms with van der Waals surface area (Å²) in [4.78, 5) is 0. The normalized spacial score (nSPS) is 12.6. The Balaban J connectivity index is 1.86. The molecule has 0 bridgehead atoms. The molecule has 3 rings (SSSR count). The van der Waals surface area contributed by atoms with Crippen LogP contribution in [0.3, 0.4) is 0 Å². The van der Waals surface area contributed by atoms with Crippen molar-refractivity contribution in [2.45, 2.75) is 23.0 Å². The lowest BCUT2D eigenvalue weighted by Crippen LogP contribution is -1.94. The Morgan fingerprint density at radius 1 is 0.895 bits per heavy atom. The van der Waals surface area contributed by atoms with E-state index < -0.39 is 0 Å². The minimum absolute atomic E-state index is 0.429. The molecule has 1 aliphatic rings. The summed E-state index contributed by atoms with van der Waals surface area (Å²) in [5.74, 6) is 0. The number of hydrogen-bond acceptors (Lipinski definition) is 0. The molecule has 1 aliphatic carbocycles. The molecular weight excluding hydrogens is 364 g/mol. The first kappa shape index (κ1) is 13.4. The summed E-state index contributed by atoms with van der Waals surface area (Å²) >= 11 is 7.08. The average molecular weight is 379 g/mol. The molecule has 2 aromatic carbocycles. The minimum Gasteiger partial charge on any atom is -0.0765 e. The van der Waals surface area contributed by atoms with Crippen LogP contribution in [0.4, 0.5) is 0 Å². The number of hydrogen-bond donors (Lipinski definition) is 0. The molecule has 2 heteroatoms. The van der Waals surface area contributed by atoms with E-state index in [0.29, 0.717) is 3.74 Å². The third-order valence-corrected chi connectivity index (χ3v) is 4.53. The first-order chi connectivity index (χ1) is 9.25. The van der Waals surface area contributed by atoms with E-state index in [1.54, 1.807) is 0 Å². The third kappa shape index (κ3) is 2.80. The topological polar surface area (TPSA) is 0 Å². The van der Waals surface area contributed by atoms with Crippen LogP contribution in [0.1, 0.15) is 29.5 Å². The number of aryl methyl sites for hydroxylation is 1. The van der Waals surface area contributed by atoms with Gasteiger partial charge in [-0.05, 0) is 47.1 Å². The Morgan fingerprint density at radius 2 is 1.68 bits per heavy atom. The van der Waals surface area contributed by atoms with Crippen molar-refractivity contribution < 1.29 is 0 Å². The molecule has 1 radical (unpaired) electrons. The molecule has 0 aliphatic heterocycles. The highest BCUT2D eigenvalue weighted by Gasteiger charge is 2.20. The van der Waals surface area contributed by atoms with Gasteiger partial charge in [-0.3, -0.25) is 0 Å². The number of alkyl halides is 2. The second-order valence-electron chi connectivity index (χ2n) is 4.89. The van der Waals surface area contributed by atoms with Gasteiger partial charge < -0.3 is 0 Å². The van der Waals surface area contributed by atoms with E-state index >= 15 is 0 Å². The van der Waals surface area contributed by atoms with Gasteiger partial charge in [-0.15, -0.1) is 0 Å². The fraction of sp³-hybridized carbons (Fsp3) is 0.235. The van der Waals surface area contributed by atoms with Crippen LogP contribution in [0.5, 0.6) is 0 Å². The molecule has 0 aromatic heterocycles. The maximum absolute atomic E-state index is 3.54. The van der Waals surface area contributed by atoms with Crippen LogP contribution in [-0.2, 0) is 6.42 Å². The summed E-state index contributed by atoms with van der Waals surface area (Å²) < 4.78 is 0.429. The van der Waals surface area contributed by atoms with Crippen LogP contribution < -0.4 is 0 Å². The van der Waals surface area contributed by atoms with Crippen molar-refractivity contribution in [2.24, 2.45) is 0 Å². The van der Waals surface area contributed by atoms with E-state index in [2.05, 4.69) is 80.7 Å². The summed E-state index contributed by atoms with van der Waals surface area (Å²) in [7, 11) is 0. The summed E-state index contributed by atoms with van der Waals surface area (Å²) in [6.45, 7) is 0. The zero-order chi connectivity index (χ0) is 13.2. The van der Waals surface area contributed by atoms with Gasteiger partial charge in [0.05, 0.1) is 3.74 Å². The molecular formula is C17H15Br2. The Bertz CT molecular complexity index is 588. The van der Waals surface area contributed by atoms with Crippen molar-refractivity contribution in [3.8, 4) is 11.1 Å². The number of fused-ring (bicyclic) bond motifs is 3. The zero-order valence-corrected chi connectivity index (χ0v) is 13.7. The fourth-order valence-electron chi connectivity index (χ4n) is 2.71. The zero-order valence-electron chi connectivity index (χ0n) is 10.6. The van der Waals surface area contributed by atoms with Crippen LogP contribution >= 0.6 is 31.9 Å². The molecule has 0 heterocycles. The molecule has 0 amide bonds.